The van der Waals surface area contributed by atoms with Crippen LogP contribution in [0.15, 0.2) is 176 Å². The molecule has 0 saturated heterocycles. The van der Waals surface area contributed by atoms with Gasteiger partial charge in [0.25, 0.3) is 0 Å². The summed E-state index contributed by atoms with van der Waals surface area (Å²) in [5.41, 5.74) is 7.36. The van der Waals surface area contributed by atoms with Gasteiger partial charge in [-0.1, -0.05) is 127 Å². The molecule has 0 aliphatic heterocycles. The van der Waals surface area contributed by atoms with E-state index in [4.69, 9.17) is 19.9 Å². The normalized spacial score (nSPS) is 11.6. The Hall–Kier alpha value is -6.80. The van der Waals surface area contributed by atoms with Gasteiger partial charge in [0.1, 0.15) is 21.7 Å². The summed E-state index contributed by atoms with van der Waals surface area (Å²) in [4.78, 5) is 22.3. The van der Waals surface area contributed by atoms with Gasteiger partial charge >= 0.3 is 0 Å². The summed E-state index contributed by atoms with van der Waals surface area (Å²) >= 11 is 3.30. The fourth-order valence-corrected chi connectivity index (χ4v) is 9.27. The van der Waals surface area contributed by atoms with Crippen molar-refractivity contribution in [3.8, 4) is 32.3 Å². The molecule has 5 nitrogen and oxygen atoms in total. The van der Waals surface area contributed by atoms with Crippen LogP contribution in [-0.4, -0.2) is 19.9 Å². The molecule has 7 aromatic carbocycles. The lowest BCUT2D eigenvalue weighted by molar-refractivity contribution is 1.14. The average molecular weight is 740 g/mol. The van der Waals surface area contributed by atoms with E-state index in [9.17, 15) is 0 Å². The van der Waals surface area contributed by atoms with Crippen molar-refractivity contribution in [2.24, 2.45) is 0 Å². The van der Waals surface area contributed by atoms with Crippen molar-refractivity contribution in [3.05, 3.63) is 176 Å². The molecule has 0 saturated carbocycles. The zero-order valence-corrected chi connectivity index (χ0v) is 30.9. The molecule has 0 unspecified atom stereocenters. The average Bonchev–Trinajstić information content (AvgIpc) is 3.88. The van der Waals surface area contributed by atoms with Crippen molar-refractivity contribution in [2.45, 2.75) is 0 Å². The summed E-state index contributed by atoms with van der Waals surface area (Å²) in [7, 11) is 0. The molecule has 0 radical (unpaired) electrons. The third kappa shape index (κ3) is 5.69. The van der Waals surface area contributed by atoms with Gasteiger partial charge in [0.2, 0.25) is 0 Å². The molecule has 0 atom stereocenters. The van der Waals surface area contributed by atoms with Crippen LogP contribution in [-0.2, 0) is 0 Å². The molecule has 0 aliphatic carbocycles. The van der Waals surface area contributed by atoms with Gasteiger partial charge < -0.3 is 0 Å². The highest BCUT2D eigenvalue weighted by atomic mass is 32.1. The highest BCUT2D eigenvalue weighted by molar-refractivity contribution is 7.22. The molecule has 0 amide bonds. The van der Waals surface area contributed by atoms with Gasteiger partial charge in [0, 0.05) is 41.3 Å². The maximum atomic E-state index is 5.05. The topological polar surface area (TPSA) is 54.8 Å². The van der Waals surface area contributed by atoms with Crippen LogP contribution in [0.1, 0.15) is 0 Å². The van der Waals surface area contributed by atoms with Crippen LogP contribution in [0.2, 0.25) is 0 Å². The number of benzene rings is 7. The standard InChI is InChI=1S/C48H29N5S2/c1-3-10-31(11-4-1)47-51-41-26-45(49-28-43(41)54-47)53(46-27-42-44(29-50-46)55-48(52-42)32-12-5-2-6-13-32)38-20-22-40-37(25-38)18-17-36-24-35(19-21-39(36)40)34-16-15-30-9-7-8-14-33(30)23-34/h1-29H. The predicted octanol–water partition coefficient (Wildman–Crippen LogP) is 13.6. The van der Waals surface area contributed by atoms with Crippen LogP contribution in [0.5, 0.6) is 0 Å². The Morgan fingerprint density at radius 1 is 0.382 bits per heavy atom. The second-order valence-electron chi connectivity index (χ2n) is 13.6. The van der Waals surface area contributed by atoms with Gasteiger partial charge in [-0.3, -0.25) is 4.90 Å². The number of pyridine rings is 2. The second kappa shape index (κ2) is 13.0. The number of thiazole rings is 2. The molecule has 258 valence electrons. The molecule has 4 aromatic heterocycles. The molecule has 11 rings (SSSR count). The molecule has 0 spiro atoms. The molecular weight excluding hydrogens is 711 g/mol. The molecule has 55 heavy (non-hydrogen) atoms. The summed E-state index contributed by atoms with van der Waals surface area (Å²) in [6, 6.07) is 57.8. The Bertz CT molecular complexity index is 3110. The highest BCUT2D eigenvalue weighted by Gasteiger charge is 2.20. The van der Waals surface area contributed by atoms with Gasteiger partial charge in [-0.2, -0.15) is 0 Å². The monoisotopic (exact) mass is 739 g/mol. The van der Waals surface area contributed by atoms with E-state index in [0.29, 0.717) is 0 Å². The van der Waals surface area contributed by atoms with Crippen LogP contribution in [0, 0.1) is 0 Å². The quantitative estimate of drug-likeness (QED) is 0.159. The number of rotatable bonds is 6. The number of fused-ring (bicyclic) bond motifs is 6. The Morgan fingerprint density at radius 3 is 1.49 bits per heavy atom. The van der Waals surface area contributed by atoms with E-state index in [1.165, 1.54) is 38.1 Å². The lowest BCUT2D eigenvalue weighted by atomic mass is 9.96. The van der Waals surface area contributed by atoms with Crippen LogP contribution in [0.25, 0.3) is 85.0 Å². The summed E-state index contributed by atoms with van der Waals surface area (Å²) in [6.45, 7) is 0. The van der Waals surface area contributed by atoms with E-state index in [-0.39, 0.29) is 0 Å². The summed E-state index contributed by atoms with van der Waals surface area (Å²) in [6.07, 6.45) is 3.86. The van der Waals surface area contributed by atoms with Gasteiger partial charge in [0.05, 0.1) is 20.4 Å². The fraction of sp³-hybridized carbons (Fsp3) is 0. The van der Waals surface area contributed by atoms with E-state index < -0.39 is 0 Å². The summed E-state index contributed by atoms with van der Waals surface area (Å²) in [5, 5.41) is 9.18. The largest absolute Gasteiger partial charge is 0.279 e. The number of hydrogen-bond acceptors (Lipinski definition) is 7. The number of anilines is 3. The fourth-order valence-electron chi connectivity index (χ4n) is 7.43. The third-order valence-corrected chi connectivity index (χ3v) is 12.3. The van der Waals surface area contributed by atoms with Gasteiger partial charge in [0.15, 0.2) is 0 Å². The lowest BCUT2D eigenvalue weighted by Gasteiger charge is -2.23. The van der Waals surface area contributed by atoms with Crippen LogP contribution >= 0.6 is 22.7 Å². The van der Waals surface area contributed by atoms with E-state index in [0.717, 1.165) is 64.3 Å². The zero-order chi connectivity index (χ0) is 36.3. The SMILES string of the molecule is c1ccc(-c2nc3cc(N(c4ccc5c(ccc6cc(-c7ccc8ccccc8c7)ccc65)c4)c4cc5nc(-c6ccccc6)sc5cn4)ncc3s2)cc1. The molecule has 0 N–H and O–H groups in total. The smallest absolute Gasteiger partial charge is 0.140 e. The maximum absolute atomic E-state index is 5.05. The van der Waals surface area contributed by atoms with Gasteiger partial charge in [-0.05, 0) is 67.7 Å². The lowest BCUT2D eigenvalue weighted by Crippen LogP contribution is -2.13. The Morgan fingerprint density at radius 2 is 0.873 bits per heavy atom. The molecule has 4 heterocycles. The van der Waals surface area contributed by atoms with Crippen molar-refractivity contribution in [2.75, 3.05) is 4.90 Å². The number of nitrogens with zero attached hydrogens (tertiary/aromatic N) is 5. The molecule has 0 bridgehead atoms. The molecule has 0 fully saturated rings. The van der Waals surface area contributed by atoms with Gasteiger partial charge in [-0.25, -0.2) is 19.9 Å². The zero-order valence-electron chi connectivity index (χ0n) is 29.3. The Kier molecular flexibility index (Phi) is 7.46. The minimum atomic E-state index is 0.739. The Balaban J connectivity index is 1.03. The Labute approximate surface area is 324 Å². The minimum Gasteiger partial charge on any atom is -0.279 e. The van der Waals surface area contributed by atoms with Crippen molar-refractivity contribution in [3.63, 3.8) is 0 Å². The maximum Gasteiger partial charge on any atom is 0.140 e. The predicted molar refractivity (Wildman–Crippen MR) is 232 cm³/mol. The van der Waals surface area contributed by atoms with E-state index in [2.05, 4.69) is 132 Å². The third-order valence-electron chi connectivity index (χ3n) is 10.2. The van der Waals surface area contributed by atoms with Crippen molar-refractivity contribution < 1.29 is 0 Å². The van der Waals surface area contributed by atoms with Crippen molar-refractivity contribution >= 4 is 92.7 Å². The van der Waals surface area contributed by atoms with Gasteiger partial charge in [-0.15, -0.1) is 22.7 Å². The van der Waals surface area contributed by atoms with E-state index >= 15 is 0 Å². The van der Waals surface area contributed by atoms with E-state index in [1.807, 2.05) is 48.8 Å². The minimum absolute atomic E-state index is 0.739. The first-order chi connectivity index (χ1) is 27.2. The number of hydrogen-bond donors (Lipinski definition) is 0. The first kappa shape index (κ1) is 31.7. The highest BCUT2D eigenvalue weighted by Crippen LogP contribution is 2.40. The molecule has 11 aromatic rings. The van der Waals surface area contributed by atoms with Crippen LogP contribution in [0.3, 0.4) is 0 Å². The van der Waals surface area contributed by atoms with E-state index in [1.54, 1.807) is 22.7 Å². The second-order valence-corrected chi connectivity index (χ2v) is 15.7. The first-order valence-corrected chi connectivity index (χ1v) is 19.7. The van der Waals surface area contributed by atoms with Crippen LogP contribution < -0.4 is 4.90 Å². The van der Waals surface area contributed by atoms with Crippen molar-refractivity contribution in [1.82, 2.24) is 19.9 Å². The molecule has 0 aliphatic rings. The molecule has 7 heteroatoms. The molecular formula is C48H29N5S2. The first-order valence-electron chi connectivity index (χ1n) is 18.1. The van der Waals surface area contributed by atoms with Crippen molar-refractivity contribution in [1.29, 1.82) is 0 Å². The summed E-state index contributed by atoms with van der Waals surface area (Å²) in [5.74, 6) is 1.48. The van der Waals surface area contributed by atoms with Crippen LogP contribution in [0.4, 0.5) is 17.3 Å². The number of aromatic nitrogens is 4. The summed E-state index contributed by atoms with van der Waals surface area (Å²) < 4.78 is 2.07.